The van der Waals surface area contributed by atoms with Gasteiger partial charge in [0.15, 0.2) is 0 Å². The summed E-state index contributed by atoms with van der Waals surface area (Å²) in [7, 11) is 0. The van der Waals surface area contributed by atoms with Crippen LogP contribution < -0.4 is 10.3 Å². The first kappa shape index (κ1) is 20.6. The van der Waals surface area contributed by atoms with Crippen molar-refractivity contribution in [1.29, 1.82) is 0 Å². The topological polar surface area (TPSA) is 92.0 Å². The van der Waals surface area contributed by atoms with Gasteiger partial charge in [-0.2, -0.15) is 10.1 Å². The summed E-state index contributed by atoms with van der Waals surface area (Å²) in [6.45, 7) is 0. The molecular weight excluding hydrogens is 442 g/mol. The molecule has 7 heteroatoms. The minimum absolute atomic E-state index is 0.263. The number of hydrogen-bond acceptors (Lipinski definition) is 5. The zero-order chi connectivity index (χ0) is 23.9. The van der Waals surface area contributed by atoms with E-state index in [1.165, 1.54) is 5.01 Å². The molecule has 2 aliphatic heterocycles. The Balaban J connectivity index is 1.38. The van der Waals surface area contributed by atoms with Gasteiger partial charge in [-0.1, -0.05) is 54.6 Å². The van der Waals surface area contributed by atoms with Crippen molar-refractivity contribution >= 4 is 35.2 Å². The lowest BCUT2D eigenvalue weighted by Gasteiger charge is -2.10. The molecule has 0 fully saturated rings. The van der Waals surface area contributed by atoms with Crippen LogP contribution in [0.25, 0.3) is 17.4 Å². The Labute approximate surface area is 200 Å². The summed E-state index contributed by atoms with van der Waals surface area (Å²) in [5.74, 6) is -0.127. The number of anilines is 1. The first-order valence-corrected chi connectivity index (χ1v) is 10.9. The highest BCUT2D eigenvalue weighted by Gasteiger charge is 2.32. The zero-order valence-electron chi connectivity index (χ0n) is 18.3. The molecule has 35 heavy (non-hydrogen) atoms. The molecule has 3 heterocycles. The van der Waals surface area contributed by atoms with Crippen molar-refractivity contribution in [3.63, 3.8) is 0 Å². The Hall–Kier alpha value is -5.04. The largest absolute Gasteiger partial charge is 0.457 e. The van der Waals surface area contributed by atoms with Crippen molar-refractivity contribution in [2.24, 2.45) is 5.10 Å². The molecule has 4 aromatic rings. The van der Waals surface area contributed by atoms with Crippen LogP contribution in [0.3, 0.4) is 0 Å². The van der Waals surface area contributed by atoms with Crippen LogP contribution in [-0.4, -0.2) is 23.4 Å². The number of fused-ring (bicyclic) bond motifs is 1. The summed E-state index contributed by atoms with van der Waals surface area (Å²) < 4.78 is 6.01. The molecule has 0 aliphatic carbocycles. The van der Waals surface area contributed by atoms with Crippen molar-refractivity contribution < 1.29 is 18.8 Å². The summed E-state index contributed by atoms with van der Waals surface area (Å²) >= 11 is 0. The SMILES string of the molecule is O=C1NC(=O)c2cc(-c3ccc(/C=C4\C(=O)N(c5ccccc5)N=C4c4ccccc4)o3)ccc21. The van der Waals surface area contributed by atoms with Gasteiger partial charge in [-0.05, 0) is 42.5 Å². The maximum absolute atomic E-state index is 13.4. The van der Waals surface area contributed by atoms with Gasteiger partial charge in [-0.25, -0.2) is 0 Å². The van der Waals surface area contributed by atoms with E-state index in [9.17, 15) is 14.4 Å². The number of hydrazone groups is 1. The standard InChI is InChI=1S/C28H17N3O4/c32-26-21-13-11-18(15-22(21)27(33)29-26)24-14-12-20(35-24)16-23-25(17-7-3-1-4-8-17)30-31(28(23)34)19-9-5-2-6-10-19/h1-16H,(H,29,32,33)/b23-16-. The summed E-state index contributed by atoms with van der Waals surface area (Å²) in [6, 6.07) is 27.2. The maximum Gasteiger partial charge on any atom is 0.281 e. The lowest BCUT2D eigenvalue weighted by molar-refractivity contribution is -0.114. The maximum atomic E-state index is 13.4. The molecule has 3 amide bonds. The summed E-state index contributed by atoms with van der Waals surface area (Å²) in [4.78, 5) is 37.2. The van der Waals surface area contributed by atoms with E-state index in [4.69, 9.17) is 4.42 Å². The van der Waals surface area contributed by atoms with Gasteiger partial charge in [0, 0.05) is 11.1 Å². The Morgan fingerprint density at radius 3 is 2.23 bits per heavy atom. The van der Waals surface area contributed by atoms with Crippen molar-refractivity contribution in [1.82, 2.24) is 5.32 Å². The molecule has 1 N–H and O–H groups in total. The second kappa shape index (κ2) is 8.07. The number of rotatable bonds is 4. The number of furan rings is 1. The van der Waals surface area contributed by atoms with E-state index in [0.717, 1.165) is 5.56 Å². The molecule has 0 spiro atoms. The smallest absolute Gasteiger partial charge is 0.281 e. The second-order valence-electron chi connectivity index (χ2n) is 8.07. The van der Waals surface area contributed by atoms with Crippen molar-refractivity contribution in [2.45, 2.75) is 0 Å². The molecule has 0 radical (unpaired) electrons. The Kier molecular flexibility index (Phi) is 4.74. The van der Waals surface area contributed by atoms with Gasteiger partial charge < -0.3 is 4.42 Å². The number of imide groups is 1. The Morgan fingerprint density at radius 2 is 1.46 bits per heavy atom. The molecule has 0 saturated heterocycles. The molecule has 2 aliphatic rings. The van der Waals surface area contributed by atoms with Crippen LogP contribution in [0.15, 0.2) is 106 Å². The van der Waals surface area contributed by atoms with Gasteiger partial charge in [-0.3, -0.25) is 19.7 Å². The van der Waals surface area contributed by atoms with E-state index in [0.29, 0.717) is 45.2 Å². The third-order valence-electron chi connectivity index (χ3n) is 5.86. The van der Waals surface area contributed by atoms with Gasteiger partial charge in [0.1, 0.15) is 17.2 Å². The van der Waals surface area contributed by atoms with E-state index in [1.54, 1.807) is 36.4 Å². The summed E-state index contributed by atoms with van der Waals surface area (Å²) in [6.07, 6.45) is 1.67. The lowest BCUT2D eigenvalue weighted by Crippen LogP contribution is -2.21. The molecule has 6 rings (SSSR count). The van der Waals surface area contributed by atoms with Gasteiger partial charge in [0.25, 0.3) is 17.7 Å². The molecule has 0 unspecified atom stereocenters. The molecule has 168 valence electrons. The fourth-order valence-electron chi connectivity index (χ4n) is 4.15. The first-order valence-electron chi connectivity index (χ1n) is 10.9. The molecule has 0 bridgehead atoms. The number of hydrogen-bond donors (Lipinski definition) is 1. The van der Waals surface area contributed by atoms with Crippen LogP contribution in [-0.2, 0) is 4.79 Å². The van der Waals surface area contributed by atoms with Crippen LogP contribution in [0.4, 0.5) is 5.69 Å². The van der Waals surface area contributed by atoms with Crippen molar-refractivity contribution in [3.8, 4) is 11.3 Å². The summed E-state index contributed by atoms with van der Waals surface area (Å²) in [5, 5.41) is 8.29. The van der Waals surface area contributed by atoms with Crippen LogP contribution in [0.5, 0.6) is 0 Å². The Bertz CT molecular complexity index is 1570. The first-order chi connectivity index (χ1) is 17.1. The molecule has 7 nitrogen and oxygen atoms in total. The highest BCUT2D eigenvalue weighted by molar-refractivity contribution is 6.37. The van der Waals surface area contributed by atoms with Crippen LogP contribution >= 0.6 is 0 Å². The predicted molar refractivity (Wildman–Crippen MR) is 131 cm³/mol. The average molecular weight is 459 g/mol. The molecule has 3 aromatic carbocycles. The monoisotopic (exact) mass is 459 g/mol. The van der Waals surface area contributed by atoms with Crippen LogP contribution in [0.1, 0.15) is 32.0 Å². The number of nitrogens with zero attached hydrogens (tertiary/aromatic N) is 2. The fourth-order valence-corrected chi connectivity index (χ4v) is 4.15. The van der Waals surface area contributed by atoms with Crippen LogP contribution in [0, 0.1) is 0 Å². The highest BCUT2D eigenvalue weighted by atomic mass is 16.3. The van der Waals surface area contributed by atoms with Crippen molar-refractivity contribution in [3.05, 3.63) is 119 Å². The number of carbonyl (C=O) groups excluding carboxylic acids is 3. The quantitative estimate of drug-likeness (QED) is 0.355. The fraction of sp³-hybridized carbons (Fsp3) is 0. The predicted octanol–water partition coefficient (Wildman–Crippen LogP) is 4.66. The number of amides is 3. The third-order valence-corrected chi connectivity index (χ3v) is 5.86. The van der Waals surface area contributed by atoms with E-state index >= 15 is 0 Å². The van der Waals surface area contributed by atoms with E-state index in [1.807, 2.05) is 60.7 Å². The van der Waals surface area contributed by atoms with Crippen LogP contribution in [0.2, 0.25) is 0 Å². The van der Waals surface area contributed by atoms with E-state index in [2.05, 4.69) is 10.4 Å². The summed E-state index contributed by atoms with van der Waals surface area (Å²) in [5.41, 5.74) is 3.73. The number of carbonyl (C=O) groups is 3. The van der Waals surface area contributed by atoms with Crippen molar-refractivity contribution in [2.75, 3.05) is 5.01 Å². The van der Waals surface area contributed by atoms with Gasteiger partial charge >= 0.3 is 0 Å². The van der Waals surface area contributed by atoms with Gasteiger partial charge in [0.05, 0.1) is 22.4 Å². The number of nitrogens with one attached hydrogen (secondary N) is 1. The minimum atomic E-state index is -0.429. The molecule has 0 saturated carbocycles. The average Bonchev–Trinajstić information content (AvgIpc) is 3.57. The van der Waals surface area contributed by atoms with E-state index < -0.39 is 11.8 Å². The molecular formula is C28H17N3O4. The van der Waals surface area contributed by atoms with Gasteiger partial charge in [0.2, 0.25) is 0 Å². The van der Waals surface area contributed by atoms with Gasteiger partial charge in [-0.15, -0.1) is 0 Å². The number of benzene rings is 3. The lowest BCUT2D eigenvalue weighted by atomic mass is 10.0. The molecule has 0 atom stereocenters. The second-order valence-corrected chi connectivity index (χ2v) is 8.07. The minimum Gasteiger partial charge on any atom is -0.457 e. The molecule has 1 aromatic heterocycles. The zero-order valence-corrected chi connectivity index (χ0v) is 18.3. The highest BCUT2D eigenvalue weighted by Crippen LogP contribution is 2.30. The normalized spacial score (nSPS) is 16.0. The third kappa shape index (κ3) is 3.55. The Morgan fingerprint density at radius 1 is 0.743 bits per heavy atom. The van der Waals surface area contributed by atoms with E-state index in [-0.39, 0.29) is 5.91 Å². The number of para-hydroxylation sites is 1.